The largest absolute Gasteiger partial charge is 0.191 e. The number of halogens is 3. The van der Waals surface area contributed by atoms with Gasteiger partial charge in [0, 0.05) is 16.4 Å². The molecule has 0 bridgehead atoms. The lowest BCUT2D eigenvalue weighted by atomic mass is 9.90. The zero-order chi connectivity index (χ0) is 18.6. The van der Waals surface area contributed by atoms with Gasteiger partial charge in [-0.15, -0.1) is 0 Å². The summed E-state index contributed by atoms with van der Waals surface area (Å²) < 4.78 is -0.921. The number of unbranched alkanes of at least 4 members (excludes halogenated alkanes) is 5. The summed E-state index contributed by atoms with van der Waals surface area (Å²) >= 11 is 18.5. The molecule has 0 saturated carbocycles. The molecule has 2 unspecified atom stereocenters. The van der Waals surface area contributed by atoms with Crippen LogP contribution in [0.3, 0.4) is 0 Å². The number of hydrogen-bond donors (Lipinski definition) is 0. The van der Waals surface area contributed by atoms with Gasteiger partial charge in [0.25, 0.3) is 0 Å². The predicted octanol–water partition coefficient (Wildman–Crippen LogP) is 9.46. The summed E-state index contributed by atoms with van der Waals surface area (Å²) in [7, 11) is 3.88. The topological polar surface area (TPSA) is 0 Å². The summed E-state index contributed by atoms with van der Waals surface area (Å²) in [5.74, 6) is 0.656. The van der Waals surface area contributed by atoms with E-state index in [1.807, 2.05) is 21.6 Å². The smallest absolute Gasteiger partial charge is 0.0897 e. The molecule has 0 aliphatic carbocycles. The molecule has 0 N–H and O–H groups in total. The Bertz CT molecular complexity index is 298. The molecule has 24 heavy (non-hydrogen) atoms. The second-order valence-electron chi connectivity index (χ2n) is 7.75. The van der Waals surface area contributed by atoms with E-state index in [2.05, 4.69) is 34.6 Å². The van der Waals surface area contributed by atoms with Crippen molar-refractivity contribution >= 4 is 56.4 Å². The van der Waals surface area contributed by atoms with Crippen LogP contribution in [0.5, 0.6) is 0 Å². The van der Waals surface area contributed by atoms with Crippen molar-refractivity contribution in [1.29, 1.82) is 0 Å². The van der Waals surface area contributed by atoms with E-state index in [1.54, 1.807) is 0 Å². The Morgan fingerprint density at radius 1 is 0.792 bits per heavy atom. The van der Waals surface area contributed by atoms with Gasteiger partial charge in [-0.2, -0.15) is 0 Å². The van der Waals surface area contributed by atoms with E-state index in [0.29, 0.717) is 17.6 Å². The average Bonchev–Trinajstić information content (AvgIpc) is 2.44. The molecule has 0 fully saturated rings. The highest BCUT2D eigenvalue weighted by molar-refractivity contribution is 8.77. The minimum atomic E-state index is -1.15. The Kier molecular flexibility index (Phi) is 14.6. The van der Waals surface area contributed by atoms with Crippen molar-refractivity contribution in [3.05, 3.63) is 0 Å². The lowest BCUT2D eigenvalue weighted by Crippen LogP contribution is -2.24. The van der Waals surface area contributed by atoms with Gasteiger partial charge in [-0.25, -0.2) is 0 Å². The maximum atomic E-state index is 6.18. The molecule has 0 saturated heterocycles. The highest BCUT2D eigenvalue weighted by Crippen LogP contribution is 2.47. The fraction of sp³-hybridized carbons (Fsp3) is 1.00. The first kappa shape index (κ1) is 25.6. The maximum absolute atomic E-state index is 6.18. The molecule has 5 heteroatoms. The summed E-state index contributed by atoms with van der Waals surface area (Å²) in [5, 5.41) is 0.417. The van der Waals surface area contributed by atoms with Crippen LogP contribution in [-0.4, -0.2) is 13.8 Å². The molecule has 0 aliphatic heterocycles. The molecule has 0 heterocycles. The van der Waals surface area contributed by atoms with Gasteiger partial charge >= 0.3 is 0 Å². The van der Waals surface area contributed by atoms with E-state index in [-0.39, 0.29) is 4.75 Å². The van der Waals surface area contributed by atoms with E-state index < -0.39 is 3.79 Å². The van der Waals surface area contributed by atoms with Crippen molar-refractivity contribution in [1.82, 2.24) is 0 Å². The predicted molar refractivity (Wildman–Crippen MR) is 120 cm³/mol. The van der Waals surface area contributed by atoms with Crippen LogP contribution >= 0.6 is 56.4 Å². The van der Waals surface area contributed by atoms with Crippen LogP contribution < -0.4 is 0 Å². The van der Waals surface area contributed by atoms with Crippen LogP contribution in [0.1, 0.15) is 98.8 Å². The zero-order valence-corrected chi connectivity index (χ0v) is 20.1. The van der Waals surface area contributed by atoms with Crippen LogP contribution in [0.25, 0.3) is 0 Å². The quantitative estimate of drug-likeness (QED) is 0.160. The van der Waals surface area contributed by atoms with Gasteiger partial charge in [-0.05, 0) is 18.8 Å². The molecular formula is C19H37Cl3S2. The Labute approximate surface area is 174 Å². The summed E-state index contributed by atoms with van der Waals surface area (Å²) in [6.45, 7) is 11.3. The standard InChI is InChI=1S/C19H37Cl3S2/c1-6-8-10-12-14-16(13-11-9-7-2)17(15-19(20,21)22)23-24-18(3,4)5/h16-17H,6-15H2,1-5H3. The molecule has 0 rings (SSSR count). The van der Waals surface area contributed by atoms with Gasteiger partial charge in [0.2, 0.25) is 0 Å². The molecule has 0 radical (unpaired) electrons. The van der Waals surface area contributed by atoms with Crippen molar-refractivity contribution in [2.24, 2.45) is 5.92 Å². The lowest BCUT2D eigenvalue weighted by Gasteiger charge is -2.31. The SMILES string of the molecule is CCCCCCC(CCCCC)C(CC(Cl)(Cl)Cl)SSC(C)(C)C. The second-order valence-corrected chi connectivity index (χ2v) is 13.5. The highest BCUT2D eigenvalue weighted by Gasteiger charge is 2.32. The molecule has 0 spiro atoms. The molecule has 0 aromatic rings. The summed E-state index contributed by atoms with van der Waals surface area (Å²) in [5.41, 5.74) is 0. The summed E-state index contributed by atoms with van der Waals surface area (Å²) in [6.07, 6.45) is 12.3. The van der Waals surface area contributed by atoms with Crippen molar-refractivity contribution in [3.63, 3.8) is 0 Å². The first-order chi connectivity index (χ1) is 11.1. The summed E-state index contributed by atoms with van der Waals surface area (Å²) in [6, 6.07) is 0. The minimum absolute atomic E-state index is 0.229. The highest BCUT2D eigenvalue weighted by atomic mass is 35.6. The molecule has 0 nitrogen and oxygen atoms in total. The van der Waals surface area contributed by atoms with E-state index in [1.165, 1.54) is 57.8 Å². The monoisotopic (exact) mass is 434 g/mol. The third kappa shape index (κ3) is 15.8. The molecule has 0 aliphatic rings. The molecule has 0 amide bonds. The van der Waals surface area contributed by atoms with Gasteiger partial charge in [0.05, 0.1) is 0 Å². The van der Waals surface area contributed by atoms with Crippen LogP contribution in [0, 0.1) is 5.92 Å². The number of rotatable bonds is 13. The van der Waals surface area contributed by atoms with E-state index in [0.717, 1.165) is 0 Å². The first-order valence-electron chi connectivity index (χ1n) is 9.50. The van der Waals surface area contributed by atoms with Gasteiger partial charge in [0.1, 0.15) is 0 Å². The lowest BCUT2D eigenvalue weighted by molar-refractivity contribution is 0.388. The maximum Gasteiger partial charge on any atom is 0.191 e. The minimum Gasteiger partial charge on any atom is -0.0897 e. The summed E-state index contributed by atoms with van der Waals surface area (Å²) in [4.78, 5) is 0. The number of hydrogen-bond acceptors (Lipinski definition) is 2. The van der Waals surface area contributed by atoms with Gasteiger partial charge in [0.15, 0.2) is 3.79 Å². The fourth-order valence-electron chi connectivity index (χ4n) is 2.72. The third-order valence-corrected chi connectivity index (χ3v) is 8.38. The number of alkyl halides is 3. The third-order valence-electron chi connectivity index (χ3n) is 3.99. The van der Waals surface area contributed by atoms with Gasteiger partial charge in [-0.3, -0.25) is 0 Å². The Balaban J connectivity index is 4.83. The normalized spacial score (nSPS) is 15.5. The van der Waals surface area contributed by atoms with Crippen molar-refractivity contribution in [2.45, 2.75) is 113 Å². The molecule has 0 aromatic carbocycles. The average molecular weight is 436 g/mol. The first-order valence-corrected chi connectivity index (χ1v) is 12.8. The Hall–Kier alpha value is 1.57. The van der Waals surface area contributed by atoms with Gasteiger partial charge in [-0.1, -0.05) is 136 Å². The Morgan fingerprint density at radius 3 is 1.75 bits per heavy atom. The van der Waals surface area contributed by atoms with Gasteiger partial charge < -0.3 is 0 Å². The zero-order valence-electron chi connectivity index (χ0n) is 16.2. The van der Waals surface area contributed by atoms with Crippen LogP contribution in [0.15, 0.2) is 0 Å². The fourth-order valence-corrected chi connectivity index (χ4v) is 6.56. The van der Waals surface area contributed by atoms with Crippen LogP contribution in [-0.2, 0) is 0 Å². The van der Waals surface area contributed by atoms with Crippen molar-refractivity contribution in [3.8, 4) is 0 Å². The van der Waals surface area contributed by atoms with Crippen molar-refractivity contribution in [2.75, 3.05) is 0 Å². The second kappa shape index (κ2) is 13.7. The van der Waals surface area contributed by atoms with E-state index in [9.17, 15) is 0 Å². The van der Waals surface area contributed by atoms with Crippen LogP contribution in [0.4, 0.5) is 0 Å². The molecule has 146 valence electrons. The molecule has 2 atom stereocenters. The molecule has 0 aromatic heterocycles. The van der Waals surface area contributed by atoms with Crippen molar-refractivity contribution < 1.29 is 0 Å². The van der Waals surface area contributed by atoms with Crippen LogP contribution in [0.2, 0.25) is 0 Å². The van der Waals surface area contributed by atoms with E-state index in [4.69, 9.17) is 34.8 Å². The Morgan fingerprint density at radius 2 is 1.29 bits per heavy atom. The molecular weight excluding hydrogens is 399 g/mol. The van der Waals surface area contributed by atoms with E-state index >= 15 is 0 Å².